The Kier molecular flexibility index (Phi) is 5.37. The van der Waals surface area contributed by atoms with E-state index in [1.807, 2.05) is 18.2 Å². The van der Waals surface area contributed by atoms with Crippen LogP contribution in [0.3, 0.4) is 0 Å². The van der Waals surface area contributed by atoms with E-state index in [9.17, 15) is 4.79 Å². The molecule has 0 bridgehead atoms. The Bertz CT molecular complexity index is 1550. The van der Waals surface area contributed by atoms with Crippen LogP contribution in [0.1, 0.15) is 55.0 Å². The molecule has 0 atom stereocenters. The largest absolute Gasteiger partial charge is 0.268 e. The molecule has 10 heteroatoms. The molecule has 4 heterocycles. The molecule has 1 aliphatic carbocycles. The standard InChI is InChI=1S/C24H24N8OS/c1-15-7-5-6-10-17(15)14-34-24-27-23(28-29-24)31-12-11-19-18(21(31)33)13-25-22-26-20(30-32(19)22)16-8-3-2-4-9-16/h5-7,10-13,16H,2-4,8-9,14H2,1H3,(H,27,28,29). The molecule has 1 fully saturated rings. The Morgan fingerprint density at radius 2 is 1.97 bits per heavy atom. The summed E-state index contributed by atoms with van der Waals surface area (Å²) in [4.78, 5) is 26.9. The summed E-state index contributed by atoms with van der Waals surface area (Å²) in [6.45, 7) is 2.09. The highest BCUT2D eigenvalue weighted by Crippen LogP contribution is 2.31. The lowest BCUT2D eigenvalue weighted by Gasteiger charge is -2.17. The fourth-order valence-corrected chi connectivity index (χ4v) is 5.43. The second-order valence-corrected chi connectivity index (χ2v) is 9.66. The minimum absolute atomic E-state index is 0.228. The quantitative estimate of drug-likeness (QED) is 0.382. The highest BCUT2D eigenvalue weighted by molar-refractivity contribution is 7.98. The number of aromatic nitrogens is 8. The maximum Gasteiger partial charge on any atom is 0.268 e. The van der Waals surface area contributed by atoms with Crippen molar-refractivity contribution in [1.82, 2.24) is 39.3 Å². The first-order chi connectivity index (χ1) is 16.7. The van der Waals surface area contributed by atoms with Crippen molar-refractivity contribution < 1.29 is 0 Å². The number of aryl methyl sites for hydroxylation is 1. The van der Waals surface area contributed by atoms with E-state index in [4.69, 9.17) is 5.10 Å². The Balaban J connectivity index is 1.30. The monoisotopic (exact) mass is 472 g/mol. The van der Waals surface area contributed by atoms with Crippen LogP contribution in [0.5, 0.6) is 0 Å². The molecule has 0 saturated heterocycles. The SMILES string of the molecule is Cc1ccccc1CSc1n[nH]c(-n2ccc3c(cnc4nc(C5CCCCC5)nn43)c2=O)n1. The molecular formula is C24H24N8OS. The van der Waals surface area contributed by atoms with Crippen LogP contribution in [0, 0.1) is 6.92 Å². The highest BCUT2D eigenvalue weighted by atomic mass is 32.2. The van der Waals surface area contributed by atoms with Gasteiger partial charge in [0.2, 0.25) is 11.1 Å². The van der Waals surface area contributed by atoms with E-state index in [1.54, 1.807) is 16.9 Å². The van der Waals surface area contributed by atoms with E-state index < -0.39 is 0 Å². The van der Waals surface area contributed by atoms with E-state index in [2.05, 4.69) is 44.2 Å². The van der Waals surface area contributed by atoms with Gasteiger partial charge in [0.15, 0.2) is 5.82 Å². The van der Waals surface area contributed by atoms with Crippen LogP contribution in [-0.2, 0) is 5.75 Å². The number of thioether (sulfide) groups is 1. The molecule has 4 aromatic heterocycles. The minimum Gasteiger partial charge on any atom is -0.268 e. The maximum atomic E-state index is 13.3. The van der Waals surface area contributed by atoms with Gasteiger partial charge in [0.1, 0.15) is 0 Å². The van der Waals surface area contributed by atoms with Crippen LogP contribution in [0.2, 0.25) is 0 Å². The predicted octanol–water partition coefficient (Wildman–Crippen LogP) is 4.19. The molecule has 0 spiro atoms. The number of nitrogens with zero attached hydrogens (tertiary/aromatic N) is 7. The number of H-pyrrole nitrogens is 1. The fraction of sp³-hybridized carbons (Fsp3) is 0.333. The third-order valence-electron chi connectivity index (χ3n) is 6.52. The Labute approximate surface area is 199 Å². The number of aromatic amines is 1. The number of rotatable bonds is 5. The van der Waals surface area contributed by atoms with Gasteiger partial charge in [0.05, 0.1) is 10.9 Å². The number of hydrogen-bond donors (Lipinski definition) is 1. The molecule has 9 nitrogen and oxygen atoms in total. The molecule has 1 aromatic carbocycles. The predicted molar refractivity (Wildman–Crippen MR) is 130 cm³/mol. The molecule has 5 aromatic rings. The van der Waals surface area contributed by atoms with Gasteiger partial charge < -0.3 is 0 Å². The van der Waals surface area contributed by atoms with E-state index in [0.29, 0.717) is 33.7 Å². The molecule has 1 saturated carbocycles. The van der Waals surface area contributed by atoms with Gasteiger partial charge in [0.25, 0.3) is 11.3 Å². The lowest BCUT2D eigenvalue weighted by atomic mass is 9.89. The van der Waals surface area contributed by atoms with Crippen LogP contribution < -0.4 is 5.56 Å². The molecule has 1 aliphatic rings. The zero-order valence-electron chi connectivity index (χ0n) is 18.8. The van der Waals surface area contributed by atoms with E-state index in [0.717, 1.165) is 24.4 Å². The summed E-state index contributed by atoms with van der Waals surface area (Å²) in [6, 6.07) is 10.1. The van der Waals surface area contributed by atoms with Crippen molar-refractivity contribution in [3.05, 3.63) is 70.0 Å². The van der Waals surface area contributed by atoms with Crippen LogP contribution in [0.4, 0.5) is 0 Å². The third-order valence-corrected chi connectivity index (χ3v) is 7.42. The number of pyridine rings is 1. The summed E-state index contributed by atoms with van der Waals surface area (Å²) in [5.74, 6) is 2.86. The van der Waals surface area contributed by atoms with Crippen LogP contribution in [0.15, 0.2) is 52.7 Å². The van der Waals surface area contributed by atoms with E-state index in [1.165, 1.54) is 46.7 Å². The van der Waals surface area contributed by atoms with Crippen molar-refractivity contribution in [1.29, 1.82) is 0 Å². The molecule has 0 amide bonds. The maximum absolute atomic E-state index is 13.3. The average Bonchev–Trinajstić information content (AvgIpc) is 3.52. The Morgan fingerprint density at radius 1 is 1.12 bits per heavy atom. The summed E-state index contributed by atoms with van der Waals surface area (Å²) in [7, 11) is 0. The van der Waals surface area contributed by atoms with Gasteiger partial charge in [0, 0.05) is 24.1 Å². The lowest BCUT2D eigenvalue weighted by Crippen LogP contribution is -2.20. The molecule has 0 aliphatic heterocycles. The normalized spacial score (nSPS) is 14.9. The first-order valence-corrected chi connectivity index (χ1v) is 12.5. The first kappa shape index (κ1) is 21.0. The fourth-order valence-electron chi connectivity index (χ4n) is 4.56. The summed E-state index contributed by atoms with van der Waals surface area (Å²) < 4.78 is 3.15. The molecule has 0 radical (unpaired) electrons. The van der Waals surface area contributed by atoms with Gasteiger partial charge in [-0.25, -0.2) is 10.1 Å². The smallest absolute Gasteiger partial charge is 0.268 e. The van der Waals surface area contributed by atoms with Crippen LogP contribution in [-0.4, -0.2) is 39.3 Å². The molecule has 6 rings (SSSR count). The molecular weight excluding hydrogens is 448 g/mol. The summed E-state index contributed by atoms with van der Waals surface area (Å²) in [6.07, 6.45) is 9.19. The zero-order valence-corrected chi connectivity index (χ0v) is 19.6. The van der Waals surface area contributed by atoms with Gasteiger partial charge >= 0.3 is 0 Å². The number of benzene rings is 1. The van der Waals surface area contributed by atoms with Crippen molar-refractivity contribution in [3.63, 3.8) is 0 Å². The topological polar surface area (TPSA) is 107 Å². The van der Waals surface area contributed by atoms with Crippen molar-refractivity contribution in [2.75, 3.05) is 0 Å². The average molecular weight is 473 g/mol. The Morgan fingerprint density at radius 3 is 2.82 bits per heavy atom. The molecule has 34 heavy (non-hydrogen) atoms. The lowest BCUT2D eigenvalue weighted by molar-refractivity contribution is 0.429. The van der Waals surface area contributed by atoms with Gasteiger partial charge in [-0.3, -0.25) is 9.36 Å². The zero-order chi connectivity index (χ0) is 23.1. The van der Waals surface area contributed by atoms with Gasteiger partial charge in [-0.2, -0.15) is 14.5 Å². The van der Waals surface area contributed by atoms with E-state index in [-0.39, 0.29) is 5.56 Å². The molecule has 172 valence electrons. The van der Waals surface area contributed by atoms with Crippen molar-refractivity contribution in [3.8, 4) is 5.95 Å². The summed E-state index contributed by atoms with van der Waals surface area (Å²) >= 11 is 1.53. The van der Waals surface area contributed by atoms with Crippen LogP contribution >= 0.6 is 11.8 Å². The van der Waals surface area contributed by atoms with Crippen molar-refractivity contribution >= 4 is 28.4 Å². The highest BCUT2D eigenvalue weighted by Gasteiger charge is 2.21. The minimum atomic E-state index is -0.228. The number of nitrogens with one attached hydrogen (secondary N) is 1. The van der Waals surface area contributed by atoms with Gasteiger partial charge in [-0.1, -0.05) is 55.3 Å². The van der Waals surface area contributed by atoms with Gasteiger partial charge in [-0.05, 0) is 37.0 Å². The summed E-state index contributed by atoms with van der Waals surface area (Å²) in [5, 5.41) is 13.0. The van der Waals surface area contributed by atoms with Crippen LogP contribution in [0.25, 0.3) is 22.6 Å². The van der Waals surface area contributed by atoms with Crippen molar-refractivity contribution in [2.24, 2.45) is 0 Å². The Hall–Kier alpha value is -3.53. The van der Waals surface area contributed by atoms with Crippen molar-refractivity contribution in [2.45, 2.75) is 55.9 Å². The molecule has 1 N–H and O–H groups in total. The second-order valence-electron chi connectivity index (χ2n) is 8.72. The third kappa shape index (κ3) is 3.77. The summed E-state index contributed by atoms with van der Waals surface area (Å²) in [5.41, 5.74) is 2.93. The number of hydrogen-bond acceptors (Lipinski definition) is 7. The van der Waals surface area contributed by atoms with Gasteiger partial charge in [-0.15, -0.1) is 10.2 Å². The molecule has 0 unspecified atom stereocenters. The number of fused-ring (bicyclic) bond motifs is 3. The first-order valence-electron chi connectivity index (χ1n) is 11.5. The van der Waals surface area contributed by atoms with E-state index >= 15 is 0 Å². The second kappa shape index (κ2) is 8.68.